The molecular weight excluding hydrogens is 282 g/mol. The van der Waals surface area contributed by atoms with Crippen molar-refractivity contribution < 1.29 is 9.90 Å². The molecule has 7 heteroatoms. The Labute approximate surface area is 119 Å². The molecule has 0 bridgehead atoms. The third-order valence-corrected chi connectivity index (χ3v) is 4.11. The van der Waals surface area contributed by atoms with Gasteiger partial charge in [0.25, 0.3) is 0 Å². The highest BCUT2D eigenvalue weighted by Gasteiger charge is 2.12. The SMILES string of the molecule is CSc1ccc(-n2c(C)nnc2SCC(=O)O)cc1. The third kappa shape index (κ3) is 3.30. The maximum absolute atomic E-state index is 10.6. The molecule has 1 heterocycles. The monoisotopic (exact) mass is 295 g/mol. The highest BCUT2D eigenvalue weighted by molar-refractivity contribution is 7.99. The summed E-state index contributed by atoms with van der Waals surface area (Å²) < 4.78 is 1.86. The Morgan fingerprint density at radius 2 is 2.00 bits per heavy atom. The molecule has 0 aliphatic heterocycles. The fourth-order valence-corrected chi connectivity index (χ4v) is 2.72. The van der Waals surface area contributed by atoms with E-state index in [-0.39, 0.29) is 5.75 Å². The van der Waals surface area contributed by atoms with Gasteiger partial charge in [0.2, 0.25) is 0 Å². The molecule has 2 aromatic rings. The van der Waals surface area contributed by atoms with Gasteiger partial charge in [-0.1, -0.05) is 11.8 Å². The van der Waals surface area contributed by atoms with E-state index in [1.54, 1.807) is 11.8 Å². The van der Waals surface area contributed by atoms with Gasteiger partial charge in [-0.25, -0.2) is 0 Å². The number of carbonyl (C=O) groups is 1. The summed E-state index contributed by atoms with van der Waals surface area (Å²) in [5.74, 6) is -0.152. The number of aromatic nitrogens is 3. The van der Waals surface area contributed by atoms with E-state index in [0.717, 1.165) is 11.5 Å². The van der Waals surface area contributed by atoms with Crippen molar-refractivity contribution in [3.63, 3.8) is 0 Å². The van der Waals surface area contributed by atoms with Gasteiger partial charge in [-0.05, 0) is 37.4 Å². The molecule has 0 amide bonds. The predicted octanol–water partition coefficient (Wildman–Crippen LogP) is 2.47. The minimum absolute atomic E-state index is 0.0268. The van der Waals surface area contributed by atoms with Crippen LogP contribution >= 0.6 is 23.5 Å². The number of aryl methyl sites for hydroxylation is 1. The molecule has 100 valence electrons. The van der Waals surface area contributed by atoms with Gasteiger partial charge in [-0.15, -0.1) is 22.0 Å². The normalized spacial score (nSPS) is 10.6. The molecule has 0 saturated heterocycles. The molecule has 5 nitrogen and oxygen atoms in total. The van der Waals surface area contributed by atoms with Crippen molar-refractivity contribution in [1.82, 2.24) is 14.8 Å². The molecule has 0 spiro atoms. The molecule has 1 N–H and O–H groups in total. The second-order valence-electron chi connectivity index (χ2n) is 3.75. The Bertz CT molecular complexity index is 581. The minimum atomic E-state index is -0.866. The van der Waals surface area contributed by atoms with Crippen LogP contribution in [0.3, 0.4) is 0 Å². The van der Waals surface area contributed by atoms with Gasteiger partial charge in [0.15, 0.2) is 5.16 Å². The molecule has 0 unspecified atom stereocenters. The summed E-state index contributed by atoms with van der Waals surface area (Å²) in [4.78, 5) is 11.8. The van der Waals surface area contributed by atoms with Gasteiger partial charge >= 0.3 is 5.97 Å². The predicted molar refractivity (Wildman–Crippen MR) is 76.2 cm³/mol. The van der Waals surface area contributed by atoms with Crippen LogP contribution in [-0.4, -0.2) is 37.8 Å². The molecular formula is C12H13N3O2S2. The molecule has 0 fully saturated rings. The smallest absolute Gasteiger partial charge is 0.313 e. The van der Waals surface area contributed by atoms with Gasteiger partial charge in [-0.2, -0.15) is 0 Å². The van der Waals surface area contributed by atoms with Gasteiger partial charge in [-0.3, -0.25) is 9.36 Å². The third-order valence-electron chi connectivity index (χ3n) is 2.45. The minimum Gasteiger partial charge on any atom is -0.481 e. The van der Waals surface area contributed by atoms with Crippen LogP contribution in [0.1, 0.15) is 5.82 Å². The quantitative estimate of drug-likeness (QED) is 0.855. The number of benzene rings is 1. The number of hydrogen-bond acceptors (Lipinski definition) is 5. The lowest BCUT2D eigenvalue weighted by Gasteiger charge is -2.08. The number of carboxylic acid groups (broad SMARTS) is 1. The summed E-state index contributed by atoms with van der Waals surface area (Å²) in [5, 5.41) is 17.3. The second-order valence-corrected chi connectivity index (χ2v) is 5.57. The molecule has 19 heavy (non-hydrogen) atoms. The number of rotatable bonds is 5. The summed E-state index contributed by atoms with van der Waals surface area (Å²) in [6, 6.07) is 8.00. The van der Waals surface area contributed by atoms with Crippen LogP contribution in [0.4, 0.5) is 0 Å². The Morgan fingerprint density at radius 1 is 1.32 bits per heavy atom. The maximum Gasteiger partial charge on any atom is 0.313 e. The van der Waals surface area contributed by atoms with E-state index in [9.17, 15) is 4.79 Å². The number of hydrogen-bond donors (Lipinski definition) is 1. The van der Waals surface area contributed by atoms with Crippen LogP contribution in [0.2, 0.25) is 0 Å². The van der Waals surface area contributed by atoms with Crippen LogP contribution in [0.25, 0.3) is 5.69 Å². The zero-order valence-electron chi connectivity index (χ0n) is 10.5. The van der Waals surface area contributed by atoms with E-state index in [1.165, 1.54) is 16.7 Å². The summed E-state index contributed by atoms with van der Waals surface area (Å²) in [6.07, 6.45) is 2.02. The largest absolute Gasteiger partial charge is 0.481 e. The van der Waals surface area contributed by atoms with Crippen molar-refractivity contribution in [2.45, 2.75) is 17.0 Å². The first-order chi connectivity index (χ1) is 9.11. The van der Waals surface area contributed by atoms with Crippen LogP contribution in [0, 0.1) is 6.92 Å². The zero-order chi connectivity index (χ0) is 13.8. The summed E-state index contributed by atoms with van der Waals surface area (Å²) in [7, 11) is 0. The molecule has 1 aromatic heterocycles. The standard InChI is InChI=1S/C12H13N3O2S2/c1-8-13-14-12(19-7-11(16)17)15(8)9-3-5-10(18-2)6-4-9/h3-6H,7H2,1-2H3,(H,16,17). The van der Waals surface area contributed by atoms with Gasteiger partial charge in [0.1, 0.15) is 5.82 Å². The van der Waals surface area contributed by atoms with Crippen LogP contribution in [0.15, 0.2) is 34.3 Å². The topological polar surface area (TPSA) is 68.0 Å². The van der Waals surface area contributed by atoms with Gasteiger partial charge < -0.3 is 5.11 Å². The first-order valence-corrected chi connectivity index (χ1v) is 7.74. The molecule has 0 aliphatic carbocycles. The summed E-state index contributed by atoms with van der Waals surface area (Å²) >= 11 is 2.84. The van der Waals surface area contributed by atoms with Crippen molar-refractivity contribution in [1.29, 1.82) is 0 Å². The maximum atomic E-state index is 10.6. The van der Waals surface area contributed by atoms with E-state index in [1.807, 2.05) is 42.0 Å². The van der Waals surface area contributed by atoms with Gasteiger partial charge in [0.05, 0.1) is 5.75 Å². The van der Waals surface area contributed by atoms with Crippen molar-refractivity contribution in [2.24, 2.45) is 0 Å². The highest BCUT2D eigenvalue weighted by atomic mass is 32.2. The lowest BCUT2D eigenvalue weighted by molar-refractivity contribution is -0.133. The van der Waals surface area contributed by atoms with E-state index < -0.39 is 5.97 Å². The Kier molecular flexibility index (Phi) is 4.49. The average molecular weight is 295 g/mol. The Balaban J connectivity index is 2.31. The van der Waals surface area contributed by atoms with Crippen LogP contribution in [0.5, 0.6) is 0 Å². The number of carboxylic acids is 1. The number of thioether (sulfide) groups is 2. The van der Waals surface area contributed by atoms with E-state index >= 15 is 0 Å². The number of nitrogens with zero attached hydrogens (tertiary/aromatic N) is 3. The Morgan fingerprint density at radius 3 is 2.58 bits per heavy atom. The van der Waals surface area contributed by atoms with Crippen LogP contribution < -0.4 is 0 Å². The van der Waals surface area contributed by atoms with E-state index in [2.05, 4.69) is 10.2 Å². The van der Waals surface area contributed by atoms with Crippen LogP contribution in [-0.2, 0) is 4.79 Å². The number of aliphatic carboxylic acids is 1. The molecule has 2 rings (SSSR count). The van der Waals surface area contributed by atoms with Crippen molar-refractivity contribution >= 4 is 29.5 Å². The van der Waals surface area contributed by atoms with E-state index in [4.69, 9.17) is 5.11 Å². The second kappa shape index (κ2) is 6.12. The molecule has 0 atom stereocenters. The fourth-order valence-electron chi connectivity index (χ4n) is 1.59. The lowest BCUT2D eigenvalue weighted by atomic mass is 10.3. The van der Waals surface area contributed by atoms with Crippen molar-refractivity contribution in [2.75, 3.05) is 12.0 Å². The van der Waals surface area contributed by atoms with Crippen molar-refractivity contribution in [3.05, 3.63) is 30.1 Å². The molecule has 1 aromatic carbocycles. The zero-order valence-corrected chi connectivity index (χ0v) is 12.2. The van der Waals surface area contributed by atoms with Crippen molar-refractivity contribution in [3.8, 4) is 5.69 Å². The molecule has 0 saturated carbocycles. The first kappa shape index (κ1) is 14.0. The van der Waals surface area contributed by atoms with Gasteiger partial charge in [0, 0.05) is 10.6 Å². The summed E-state index contributed by atoms with van der Waals surface area (Å²) in [6.45, 7) is 1.85. The summed E-state index contributed by atoms with van der Waals surface area (Å²) in [5.41, 5.74) is 0.938. The molecule has 0 radical (unpaired) electrons. The lowest BCUT2D eigenvalue weighted by Crippen LogP contribution is -2.02. The fraction of sp³-hybridized carbons (Fsp3) is 0.250. The van der Waals surface area contributed by atoms with E-state index in [0.29, 0.717) is 5.16 Å². The molecule has 0 aliphatic rings. The average Bonchev–Trinajstić information content (AvgIpc) is 2.78. The Hall–Kier alpha value is -1.47. The highest BCUT2D eigenvalue weighted by Crippen LogP contribution is 2.23. The first-order valence-electron chi connectivity index (χ1n) is 5.53.